The molecule has 29 heteroatoms. The van der Waals surface area contributed by atoms with Crippen molar-refractivity contribution in [1.29, 1.82) is 0 Å². The van der Waals surface area contributed by atoms with Gasteiger partial charge < -0.3 is 82.8 Å². The molecule has 506 valence electrons. The van der Waals surface area contributed by atoms with Gasteiger partial charge in [0.2, 0.25) is 27.7 Å². The van der Waals surface area contributed by atoms with Gasteiger partial charge in [0.25, 0.3) is 10.1 Å². The van der Waals surface area contributed by atoms with Crippen molar-refractivity contribution in [2.24, 2.45) is 16.6 Å². The van der Waals surface area contributed by atoms with Crippen LogP contribution >= 0.6 is 0 Å². The fourth-order valence-electron chi connectivity index (χ4n) is 8.68. The molecule has 0 unspecified atom stereocenters. The Labute approximate surface area is 526 Å². The SMILES string of the molecule is CCCOCCOCCOCCOCCOCCOCCOCCOCCOCCOCCOCCOCCOCCC(=O)N[C@@H](CS(=O)(=O)O)C(=O)NCC1CN(S(=O)(=O)c2cccc(-c3ccc4c(c3)N=C(N)CC(C(=O)N(CCC)CCC)=C4)c2)C1. The molecule has 0 spiro atoms. The smallest absolute Gasteiger partial charge is 0.267 e. The Morgan fingerprint density at radius 3 is 1.45 bits per heavy atom. The number of nitrogens with zero attached hydrogens (tertiary/aromatic N) is 3. The number of carbonyl (C=O) groups is 3. The number of benzene rings is 2. The summed E-state index contributed by atoms with van der Waals surface area (Å²) in [6.07, 6.45) is 4.47. The van der Waals surface area contributed by atoms with Crippen molar-refractivity contribution >= 4 is 55.5 Å². The van der Waals surface area contributed by atoms with E-state index in [0.29, 0.717) is 187 Å². The minimum atomic E-state index is -4.69. The lowest BCUT2D eigenvalue weighted by Gasteiger charge is -2.38. The molecule has 3 amide bonds. The van der Waals surface area contributed by atoms with E-state index in [-0.39, 0.29) is 69.0 Å². The second-order valence-corrected chi connectivity index (χ2v) is 24.0. The van der Waals surface area contributed by atoms with Crippen LogP contribution in [0.15, 0.2) is 57.9 Å². The number of sulfonamides is 1. The van der Waals surface area contributed by atoms with Crippen LogP contribution in [-0.2, 0) is 96.1 Å². The number of ether oxygens (including phenoxy) is 13. The molecule has 2 aromatic rings. The van der Waals surface area contributed by atoms with Crippen LogP contribution in [-0.4, -0.2) is 270 Å². The van der Waals surface area contributed by atoms with Crippen molar-refractivity contribution < 1.29 is 97.4 Å². The highest BCUT2D eigenvalue weighted by atomic mass is 32.2. The maximum Gasteiger partial charge on any atom is 0.267 e. The standard InChI is InChI=1S/C60H98N6O21S2/c1-4-13-65(14-5-2)60(69)53-41-52-11-10-51(43-55(52)63-57(61)44-53)50-8-7-9-54(42-50)89(73,74)66-46-49(47-66)45-62-59(68)56(48-88(70,71)72)64-58(67)12-16-76-18-20-78-22-24-80-26-28-82-30-32-84-34-36-86-38-40-87-39-37-85-35-33-83-31-29-81-27-25-79-23-21-77-19-17-75-15-6-3/h7-11,41-43,49,56H,4-6,12-40,44-48H2,1-3H3,(H2,61,63)(H,62,68)(H,64,67)(H,70,71,72)/t56-/m0/s1. The number of nitrogens with two attached hydrogens (primary N) is 1. The van der Waals surface area contributed by atoms with Gasteiger partial charge in [-0.05, 0) is 54.7 Å². The lowest BCUT2D eigenvalue weighted by molar-refractivity contribution is -0.129. The second kappa shape index (κ2) is 46.4. The molecule has 5 N–H and O–H groups in total. The first-order valence-electron chi connectivity index (χ1n) is 30.7. The third-order valence-corrected chi connectivity index (χ3v) is 15.7. The van der Waals surface area contributed by atoms with Crippen LogP contribution < -0.4 is 16.4 Å². The Bertz CT molecular complexity index is 2590. The Morgan fingerprint density at radius 2 is 1.02 bits per heavy atom. The number of nitrogens with one attached hydrogen (secondary N) is 2. The number of aliphatic imine (C=N–C) groups is 1. The van der Waals surface area contributed by atoms with Crippen LogP contribution in [0, 0.1) is 5.92 Å². The highest BCUT2D eigenvalue weighted by molar-refractivity contribution is 7.89. The van der Waals surface area contributed by atoms with E-state index in [2.05, 4.69) is 22.5 Å². The van der Waals surface area contributed by atoms with Gasteiger partial charge in [-0.3, -0.25) is 18.9 Å². The van der Waals surface area contributed by atoms with E-state index in [1.165, 1.54) is 10.4 Å². The summed E-state index contributed by atoms with van der Waals surface area (Å²) in [5, 5.41) is 4.91. The van der Waals surface area contributed by atoms with Crippen LogP contribution in [0.4, 0.5) is 5.69 Å². The Kier molecular flexibility index (Phi) is 40.1. The number of fused-ring (bicyclic) bond motifs is 1. The fraction of sp³-hybridized carbons (Fsp3) is 0.700. The summed E-state index contributed by atoms with van der Waals surface area (Å²) in [5.74, 6) is -2.73. The van der Waals surface area contributed by atoms with Gasteiger partial charge in [-0.1, -0.05) is 45.0 Å². The van der Waals surface area contributed by atoms with E-state index in [1.807, 2.05) is 37.0 Å². The molecule has 1 saturated heterocycles. The summed E-state index contributed by atoms with van der Waals surface area (Å²) in [6, 6.07) is 10.3. The summed E-state index contributed by atoms with van der Waals surface area (Å²) < 4.78 is 133. The molecule has 4 rings (SSSR count). The Balaban J connectivity index is 0.945. The number of hydrogen-bond donors (Lipinski definition) is 4. The van der Waals surface area contributed by atoms with Crippen LogP contribution in [0.5, 0.6) is 0 Å². The summed E-state index contributed by atoms with van der Waals surface area (Å²) in [4.78, 5) is 45.7. The summed E-state index contributed by atoms with van der Waals surface area (Å²) in [6.45, 7) is 18.6. The summed E-state index contributed by atoms with van der Waals surface area (Å²) in [5.41, 5.74) is 9.43. The summed E-state index contributed by atoms with van der Waals surface area (Å²) >= 11 is 0. The van der Waals surface area contributed by atoms with Gasteiger partial charge in [0.1, 0.15) is 17.6 Å². The Morgan fingerprint density at radius 1 is 0.596 bits per heavy atom. The molecule has 1 fully saturated rings. The van der Waals surface area contributed by atoms with E-state index in [4.69, 9.17) is 67.3 Å². The van der Waals surface area contributed by atoms with Gasteiger partial charge in [-0.2, -0.15) is 12.7 Å². The van der Waals surface area contributed by atoms with Gasteiger partial charge in [-0.25, -0.2) is 13.4 Å². The molecule has 0 radical (unpaired) electrons. The average molecular weight is 1300 g/mol. The molecule has 1 atom stereocenters. The van der Waals surface area contributed by atoms with Crippen LogP contribution in [0.2, 0.25) is 0 Å². The summed E-state index contributed by atoms with van der Waals surface area (Å²) in [7, 11) is -8.64. The highest BCUT2D eigenvalue weighted by Crippen LogP contribution is 2.34. The molecule has 0 bridgehead atoms. The Hall–Kier alpha value is -4.64. The first-order valence-corrected chi connectivity index (χ1v) is 33.8. The van der Waals surface area contributed by atoms with Crippen LogP contribution in [0.3, 0.4) is 0 Å². The van der Waals surface area contributed by atoms with Gasteiger partial charge in [0.15, 0.2) is 0 Å². The minimum absolute atomic E-state index is 0.0196. The zero-order valence-corrected chi connectivity index (χ0v) is 53.9. The van der Waals surface area contributed by atoms with Crippen molar-refractivity contribution in [3.8, 4) is 11.1 Å². The molecular weight excluding hydrogens is 1200 g/mol. The first kappa shape index (κ1) is 76.8. The van der Waals surface area contributed by atoms with Crippen molar-refractivity contribution in [1.82, 2.24) is 19.8 Å². The van der Waals surface area contributed by atoms with Gasteiger partial charge >= 0.3 is 0 Å². The molecule has 27 nitrogen and oxygen atoms in total. The molecule has 89 heavy (non-hydrogen) atoms. The number of hydrogen-bond acceptors (Lipinski definition) is 22. The molecule has 0 saturated carbocycles. The third-order valence-electron chi connectivity index (χ3n) is 13.2. The normalized spacial score (nSPS) is 14.2. The molecular formula is C60H98N6O21S2. The molecule has 2 aromatic carbocycles. The molecule has 2 aliphatic heterocycles. The maximum atomic E-state index is 13.8. The van der Waals surface area contributed by atoms with E-state index in [0.717, 1.165) is 31.4 Å². The molecule has 2 aliphatic rings. The van der Waals surface area contributed by atoms with Gasteiger partial charge in [0.05, 0.1) is 176 Å². The van der Waals surface area contributed by atoms with E-state index in [9.17, 15) is 35.8 Å². The highest BCUT2D eigenvalue weighted by Gasteiger charge is 2.38. The van der Waals surface area contributed by atoms with E-state index < -0.39 is 43.8 Å². The van der Waals surface area contributed by atoms with Crippen LogP contribution in [0.25, 0.3) is 17.2 Å². The lowest BCUT2D eigenvalue weighted by atomic mass is 10.0. The zero-order chi connectivity index (χ0) is 64.2. The van der Waals surface area contributed by atoms with Crippen molar-refractivity contribution in [3.05, 3.63) is 53.6 Å². The average Bonchev–Trinajstić information content (AvgIpc) is 3.79. The van der Waals surface area contributed by atoms with E-state index in [1.54, 1.807) is 24.3 Å². The van der Waals surface area contributed by atoms with Crippen molar-refractivity contribution in [3.63, 3.8) is 0 Å². The number of amidine groups is 1. The maximum absolute atomic E-state index is 13.8. The molecule has 0 aromatic heterocycles. The fourth-order valence-corrected chi connectivity index (χ4v) is 11.0. The number of rotatable bonds is 55. The van der Waals surface area contributed by atoms with Gasteiger partial charge in [0, 0.05) is 69.2 Å². The molecule has 2 heterocycles. The minimum Gasteiger partial charge on any atom is -0.387 e. The van der Waals surface area contributed by atoms with Gasteiger partial charge in [-0.15, -0.1) is 0 Å². The predicted molar refractivity (Wildman–Crippen MR) is 332 cm³/mol. The monoisotopic (exact) mass is 1300 g/mol. The molecule has 0 aliphatic carbocycles. The first-order chi connectivity index (χ1) is 43.1. The third kappa shape index (κ3) is 33.5. The van der Waals surface area contributed by atoms with Crippen molar-refractivity contribution in [2.45, 2.75) is 63.8 Å². The quantitative estimate of drug-likeness (QED) is 0.0546. The van der Waals surface area contributed by atoms with E-state index >= 15 is 0 Å². The number of amides is 3. The largest absolute Gasteiger partial charge is 0.387 e. The lowest BCUT2D eigenvalue weighted by Crippen LogP contribution is -2.56. The number of carbonyl (C=O) groups excluding carboxylic acids is 3. The predicted octanol–water partition coefficient (Wildman–Crippen LogP) is 2.90. The zero-order valence-electron chi connectivity index (χ0n) is 52.3. The second-order valence-electron chi connectivity index (χ2n) is 20.6. The topological polar surface area (TPSA) is 329 Å². The van der Waals surface area contributed by atoms with Crippen LogP contribution in [0.1, 0.15) is 58.4 Å². The van der Waals surface area contributed by atoms with Crippen molar-refractivity contribution in [2.75, 3.05) is 210 Å².